The summed E-state index contributed by atoms with van der Waals surface area (Å²) in [5.41, 5.74) is 7.21. The van der Waals surface area contributed by atoms with E-state index in [0.29, 0.717) is 0 Å². The molecule has 0 saturated carbocycles. The first-order chi connectivity index (χ1) is 12.8. The minimum atomic E-state index is -0.219. The number of nitrogens with zero attached hydrogens (tertiary/aromatic N) is 3. The van der Waals surface area contributed by atoms with E-state index < -0.39 is 0 Å². The van der Waals surface area contributed by atoms with Crippen LogP contribution in [0.1, 0.15) is 22.3 Å². The average molecular weight is 369 g/mol. The van der Waals surface area contributed by atoms with Crippen molar-refractivity contribution >= 4 is 6.92 Å². The molecule has 1 fully saturated rings. The van der Waals surface area contributed by atoms with Crippen LogP contribution in [0, 0.1) is 19.8 Å². The van der Waals surface area contributed by atoms with Crippen molar-refractivity contribution in [3.05, 3.63) is 46.3 Å². The van der Waals surface area contributed by atoms with E-state index in [2.05, 4.69) is 61.0 Å². The maximum atomic E-state index is 9.55. The molecule has 27 heavy (non-hydrogen) atoms. The second kappa shape index (κ2) is 8.70. The summed E-state index contributed by atoms with van der Waals surface area (Å²) < 4.78 is 0. The van der Waals surface area contributed by atoms with Crippen LogP contribution in [0.25, 0.3) is 0 Å². The summed E-state index contributed by atoms with van der Waals surface area (Å²) in [5.74, 6) is 0.777. The minimum Gasteiger partial charge on any atom is -0.451 e. The van der Waals surface area contributed by atoms with Crippen LogP contribution in [0.15, 0.2) is 24.0 Å². The molecule has 2 aliphatic rings. The Morgan fingerprint density at radius 1 is 1.07 bits per heavy atom. The maximum absolute atomic E-state index is 9.55. The summed E-state index contributed by atoms with van der Waals surface area (Å²) in [6, 6.07) is 4.61. The first kappa shape index (κ1) is 20.3. The van der Waals surface area contributed by atoms with Gasteiger partial charge < -0.3 is 14.8 Å². The molecule has 1 saturated heterocycles. The highest BCUT2D eigenvalue weighted by Gasteiger charge is 2.29. The fourth-order valence-electron chi connectivity index (χ4n) is 4.29. The van der Waals surface area contributed by atoms with Gasteiger partial charge in [-0.3, -0.25) is 4.90 Å². The monoisotopic (exact) mass is 369 g/mol. The SMILES string of the molecule is CB(O)CCc1ccc(CC2CN(CC3=CN(C)CCN3C)C2)c(C)c1C. The van der Waals surface area contributed by atoms with Crippen molar-refractivity contribution in [2.45, 2.75) is 39.8 Å². The van der Waals surface area contributed by atoms with Crippen LogP contribution in [0.5, 0.6) is 0 Å². The van der Waals surface area contributed by atoms with Crippen molar-refractivity contribution in [1.29, 1.82) is 0 Å². The molecule has 0 spiro atoms. The van der Waals surface area contributed by atoms with Gasteiger partial charge >= 0.3 is 0 Å². The summed E-state index contributed by atoms with van der Waals surface area (Å²) in [5, 5.41) is 9.55. The predicted octanol–water partition coefficient (Wildman–Crippen LogP) is 2.65. The van der Waals surface area contributed by atoms with Crippen molar-refractivity contribution < 1.29 is 5.02 Å². The molecular weight excluding hydrogens is 333 g/mol. The second-order valence-corrected chi connectivity index (χ2v) is 8.81. The van der Waals surface area contributed by atoms with Crippen molar-refractivity contribution in [3.63, 3.8) is 0 Å². The minimum absolute atomic E-state index is 0.219. The van der Waals surface area contributed by atoms with Crippen LogP contribution in [0.2, 0.25) is 13.1 Å². The molecule has 0 aliphatic carbocycles. The highest BCUT2D eigenvalue weighted by Crippen LogP contribution is 2.27. The molecule has 2 aliphatic heterocycles. The zero-order valence-electron chi connectivity index (χ0n) is 17.8. The molecule has 148 valence electrons. The Bertz CT molecular complexity index is 682. The quantitative estimate of drug-likeness (QED) is 0.749. The average Bonchev–Trinajstić information content (AvgIpc) is 2.58. The number of likely N-dealkylation sites (N-methyl/N-ethyl adjacent to an activating group) is 2. The molecule has 2 heterocycles. The fraction of sp³-hybridized carbons (Fsp3) is 0.636. The highest BCUT2D eigenvalue weighted by molar-refractivity contribution is 6.48. The summed E-state index contributed by atoms with van der Waals surface area (Å²) in [6.07, 6.45) is 5.31. The predicted molar refractivity (Wildman–Crippen MR) is 115 cm³/mol. The van der Waals surface area contributed by atoms with Gasteiger partial charge in [0.05, 0.1) is 0 Å². The topological polar surface area (TPSA) is 30.0 Å². The Morgan fingerprint density at radius 2 is 1.74 bits per heavy atom. The van der Waals surface area contributed by atoms with Gasteiger partial charge in [-0.25, -0.2) is 0 Å². The van der Waals surface area contributed by atoms with Gasteiger partial charge in [0, 0.05) is 58.7 Å². The smallest absolute Gasteiger partial charge is 0.286 e. The summed E-state index contributed by atoms with van der Waals surface area (Å²) in [4.78, 5) is 7.27. The third-order valence-corrected chi connectivity index (χ3v) is 6.42. The van der Waals surface area contributed by atoms with E-state index >= 15 is 0 Å². The van der Waals surface area contributed by atoms with Gasteiger partial charge in [0.15, 0.2) is 0 Å². The molecule has 0 unspecified atom stereocenters. The molecule has 0 bridgehead atoms. The number of hydrogen-bond acceptors (Lipinski definition) is 4. The number of rotatable bonds is 7. The van der Waals surface area contributed by atoms with Crippen LogP contribution in [0.3, 0.4) is 0 Å². The van der Waals surface area contributed by atoms with E-state index in [1.807, 2.05) is 6.82 Å². The third-order valence-electron chi connectivity index (χ3n) is 6.42. The van der Waals surface area contributed by atoms with Crippen LogP contribution in [-0.2, 0) is 12.8 Å². The summed E-state index contributed by atoms with van der Waals surface area (Å²) in [6.45, 7) is 11.9. The Morgan fingerprint density at radius 3 is 2.44 bits per heavy atom. The van der Waals surface area contributed by atoms with Crippen LogP contribution >= 0.6 is 0 Å². The Balaban J connectivity index is 1.52. The van der Waals surface area contributed by atoms with Crippen LogP contribution < -0.4 is 0 Å². The summed E-state index contributed by atoms with van der Waals surface area (Å²) in [7, 11) is 4.38. The van der Waals surface area contributed by atoms with Crippen LogP contribution in [-0.4, -0.2) is 73.5 Å². The molecule has 1 N–H and O–H groups in total. The molecule has 5 heteroatoms. The van der Waals surface area contributed by atoms with Gasteiger partial charge in [-0.15, -0.1) is 0 Å². The van der Waals surface area contributed by atoms with E-state index in [9.17, 15) is 5.02 Å². The van der Waals surface area contributed by atoms with E-state index in [1.165, 1.54) is 47.5 Å². The lowest BCUT2D eigenvalue weighted by Gasteiger charge is -2.42. The van der Waals surface area contributed by atoms with Gasteiger partial charge in [0.1, 0.15) is 0 Å². The van der Waals surface area contributed by atoms with Crippen molar-refractivity contribution in [2.75, 3.05) is 46.8 Å². The second-order valence-electron chi connectivity index (χ2n) is 8.81. The summed E-state index contributed by atoms with van der Waals surface area (Å²) >= 11 is 0. The Hall–Kier alpha value is -1.46. The van der Waals surface area contributed by atoms with Gasteiger partial charge in [0.2, 0.25) is 0 Å². The van der Waals surface area contributed by atoms with E-state index in [1.54, 1.807) is 0 Å². The molecule has 4 nitrogen and oxygen atoms in total. The number of benzene rings is 1. The lowest BCUT2D eigenvalue weighted by atomic mass is 9.66. The molecule has 0 radical (unpaired) electrons. The first-order valence-corrected chi connectivity index (χ1v) is 10.4. The van der Waals surface area contributed by atoms with Gasteiger partial charge in [-0.05, 0) is 61.2 Å². The fourth-order valence-corrected chi connectivity index (χ4v) is 4.29. The van der Waals surface area contributed by atoms with Gasteiger partial charge in [-0.2, -0.15) is 0 Å². The lowest BCUT2D eigenvalue weighted by Crippen LogP contribution is -2.50. The third kappa shape index (κ3) is 5.08. The molecule has 0 atom stereocenters. The lowest BCUT2D eigenvalue weighted by molar-refractivity contribution is 0.0999. The standard InChI is InChI=1S/C22H36BN3O/c1-17-18(2)21(7-6-20(17)8-9-23(3)27)12-19-13-26(14-19)16-22-15-24(4)10-11-25(22)5/h6-7,15,19,27H,8-14,16H2,1-5H3. The number of hydrogen-bond donors (Lipinski definition) is 1. The Kier molecular flexibility index (Phi) is 6.54. The van der Waals surface area contributed by atoms with E-state index in [-0.39, 0.29) is 6.92 Å². The Labute approximate surface area is 166 Å². The van der Waals surface area contributed by atoms with E-state index in [0.717, 1.165) is 38.3 Å². The molecule has 0 amide bonds. The zero-order valence-corrected chi connectivity index (χ0v) is 17.8. The van der Waals surface area contributed by atoms with Crippen molar-refractivity contribution in [2.24, 2.45) is 5.92 Å². The molecule has 1 aromatic rings. The molecule has 1 aromatic carbocycles. The van der Waals surface area contributed by atoms with E-state index in [4.69, 9.17) is 0 Å². The molecule has 0 aromatic heterocycles. The normalized spacial score (nSPS) is 18.5. The van der Waals surface area contributed by atoms with Crippen molar-refractivity contribution in [1.82, 2.24) is 14.7 Å². The first-order valence-electron chi connectivity index (χ1n) is 10.4. The van der Waals surface area contributed by atoms with Gasteiger partial charge in [-0.1, -0.05) is 19.0 Å². The zero-order chi connectivity index (χ0) is 19.6. The van der Waals surface area contributed by atoms with Gasteiger partial charge in [0.25, 0.3) is 6.92 Å². The largest absolute Gasteiger partial charge is 0.451 e. The molecule has 3 rings (SSSR count). The van der Waals surface area contributed by atoms with Crippen LogP contribution in [0.4, 0.5) is 0 Å². The number of aryl methyl sites for hydroxylation is 1. The number of likely N-dealkylation sites (tertiary alicyclic amines) is 1. The highest BCUT2D eigenvalue weighted by atomic mass is 16.2. The maximum Gasteiger partial charge on any atom is 0.286 e. The molecular formula is C22H36BN3O. The van der Waals surface area contributed by atoms with Crippen molar-refractivity contribution in [3.8, 4) is 0 Å².